The standard InChI is InChI=1S/C26H32N2O5S/c1-26(2,3)22(23(29)27-21(24(30)31)13-14-34-4)28-25(32)33-15-20-18-11-7-5-9-16(18)17-10-6-8-12-19(17)20/h5-12,20-22H,13-15H2,1-4H3,(H,27,29)(H,28,32)(H,30,31). The fourth-order valence-corrected chi connectivity index (χ4v) is 4.65. The lowest BCUT2D eigenvalue weighted by molar-refractivity contribution is -0.142. The van der Waals surface area contributed by atoms with E-state index in [1.54, 1.807) is 20.8 Å². The van der Waals surface area contributed by atoms with Gasteiger partial charge >= 0.3 is 12.1 Å². The molecule has 1 aliphatic carbocycles. The van der Waals surface area contributed by atoms with Gasteiger partial charge in [0.15, 0.2) is 0 Å². The lowest BCUT2D eigenvalue weighted by Crippen LogP contribution is -2.56. The van der Waals surface area contributed by atoms with Crippen molar-refractivity contribution in [3.05, 3.63) is 59.7 Å². The van der Waals surface area contributed by atoms with Crippen LogP contribution in [-0.4, -0.2) is 53.8 Å². The van der Waals surface area contributed by atoms with Crippen LogP contribution >= 0.6 is 11.8 Å². The van der Waals surface area contributed by atoms with E-state index in [-0.39, 0.29) is 12.5 Å². The molecule has 0 aromatic heterocycles. The van der Waals surface area contributed by atoms with E-state index < -0.39 is 35.5 Å². The van der Waals surface area contributed by atoms with Gasteiger partial charge in [-0.3, -0.25) is 4.79 Å². The second-order valence-electron chi connectivity index (χ2n) is 9.45. The molecule has 2 amide bonds. The van der Waals surface area contributed by atoms with E-state index in [1.165, 1.54) is 11.8 Å². The maximum Gasteiger partial charge on any atom is 0.407 e. The van der Waals surface area contributed by atoms with Crippen molar-refractivity contribution in [1.82, 2.24) is 10.6 Å². The van der Waals surface area contributed by atoms with Crippen LogP contribution in [0, 0.1) is 5.41 Å². The molecule has 2 aromatic carbocycles. The average Bonchev–Trinajstić information content (AvgIpc) is 3.11. The number of amides is 2. The van der Waals surface area contributed by atoms with Crippen LogP contribution in [0.1, 0.15) is 44.2 Å². The van der Waals surface area contributed by atoms with Gasteiger partial charge in [-0.15, -0.1) is 0 Å². The molecule has 0 saturated carbocycles. The van der Waals surface area contributed by atoms with Gasteiger partial charge in [-0.1, -0.05) is 69.3 Å². The molecule has 0 spiro atoms. The first-order chi connectivity index (χ1) is 16.1. The summed E-state index contributed by atoms with van der Waals surface area (Å²) in [5, 5.41) is 14.7. The van der Waals surface area contributed by atoms with Crippen LogP contribution in [0.2, 0.25) is 0 Å². The van der Waals surface area contributed by atoms with Gasteiger partial charge in [0.25, 0.3) is 0 Å². The normalized spacial score (nSPS) is 14.5. The molecular formula is C26H32N2O5S. The van der Waals surface area contributed by atoms with Crippen molar-refractivity contribution < 1.29 is 24.2 Å². The second-order valence-corrected chi connectivity index (χ2v) is 10.4. The molecule has 2 aromatic rings. The summed E-state index contributed by atoms with van der Waals surface area (Å²) >= 11 is 1.50. The lowest BCUT2D eigenvalue weighted by Gasteiger charge is -2.31. The molecular weight excluding hydrogens is 452 g/mol. The maximum atomic E-state index is 12.9. The Balaban J connectivity index is 1.68. The highest BCUT2D eigenvalue weighted by atomic mass is 32.2. The first kappa shape index (κ1) is 25.6. The summed E-state index contributed by atoms with van der Waals surface area (Å²) in [6.07, 6.45) is 1.45. The number of ether oxygens (including phenoxy) is 1. The first-order valence-electron chi connectivity index (χ1n) is 11.3. The van der Waals surface area contributed by atoms with E-state index in [1.807, 2.05) is 42.7 Å². The monoisotopic (exact) mass is 484 g/mol. The molecule has 182 valence electrons. The van der Waals surface area contributed by atoms with E-state index in [2.05, 4.69) is 22.8 Å². The zero-order valence-corrected chi connectivity index (χ0v) is 20.8. The Morgan fingerprint density at radius 2 is 1.56 bits per heavy atom. The average molecular weight is 485 g/mol. The largest absolute Gasteiger partial charge is 0.480 e. The summed E-state index contributed by atoms with van der Waals surface area (Å²) in [4.78, 5) is 37.2. The number of carboxylic acid groups (broad SMARTS) is 1. The van der Waals surface area contributed by atoms with Gasteiger partial charge in [0.05, 0.1) is 0 Å². The molecule has 1 aliphatic rings. The van der Waals surface area contributed by atoms with Crippen LogP contribution in [0.15, 0.2) is 48.5 Å². The molecule has 7 nitrogen and oxygen atoms in total. The minimum absolute atomic E-state index is 0.0944. The first-order valence-corrected chi connectivity index (χ1v) is 12.7. The number of carboxylic acids is 1. The number of thioether (sulfide) groups is 1. The minimum atomic E-state index is -1.10. The number of hydrogen-bond acceptors (Lipinski definition) is 5. The van der Waals surface area contributed by atoms with Crippen LogP contribution < -0.4 is 10.6 Å². The number of fused-ring (bicyclic) bond motifs is 3. The summed E-state index contributed by atoms with van der Waals surface area (Å²) < 4.78 is 5.58. The van der Waals surface area contributed by atoms with Crippen molar-refractivity contribution in [2.75, 3.05) is 18.6 Å². The zero-order valence-electron chi connectivity index (χ0n) is 20.0. The fraction of sp³-hybridized carbons (Fsp3) is 0.423. The summed E-state index contributed by atoms with van der Waals surface area (Å²) in [6, 6.07) is 14.1. The molecule has 0 heterocycles. The van der Waals surface area contributed by atoms with E-state index in [9.17, 15) is 19.5 Å². The minimum Gasteiger partial charge on any atom is -0.480 e. The van der Waals surface area contributed by atoms with Crippen molar-refractivity contribution in [2.24, 2.45) is 5.41 Å². The molecule has 8 heteroatoms. The third-order valence-corrected chi connectivity index (χ3v) is 6.60. The topological polar surface area (TPSA) is 105 Å². The molecule has 0 aliphatic heterocycles. The number of hydrogen-bond donors (Lipinski definition) is 3. The summed E-state index contributed by atoms with van der Waals surface area (Å²) in [5.41, 5.74) is 3.80. The van der Waals surface area contributed by atoms with E-state index in [0.29, 0.717) is 12.2 Å². The number of benzene rings is 2. The number of rotatable bonds is 9. The quantitative estimate of drug-likeness (QED) is 0.491. The second kappa shape index (κ2) is 11.0. The van der Waals surface area contributed by atoms with Crippen LogP contribution in [0.25, 0.3) is 11.1 Å². The Morgan fingerprint density at radius 3 is 2.06 bits per heavy atom. The highest BCUT2D eigenvalue weighted by Gasteiger charge is 2.36. The van der Waals surface area contributed by atoms with Gasteiger partial charge in [0.2, 0.25) is 5.91 Å². The molecule has 0 radical (unpaired) electrons. The number of alkyl carbamates (subject to hydrolysis) is 1. The number of aliphatic carboxylic acids is 1. The van der Waals surface area contributed by atoms with Crippen LogP contribution in [-0.2, 0) is 14.3 Å². The smallest absolute Gasteiger partial charge is 0.407 e. The molecule has 3 N–H and O–H groups in total. The van der Waals surface area contributed by atoms with E-state index >= 15 is 0 Å². The Hall–Kier alpha value is -3.00. The van der Waals surface area contributed by atoms with E-state index in [0.717, 1.165) is 22.3 Å². The van der Waals surface area contributed by atoms with Crippen molar-refractivity contribution in [3.63, 3.8) is 0 Å². The molecule has 2 atom stereocenters. The SMILES string of the molecule is CSCCC(NC(=O)C(NC(=O)OCC1c2ccccc2-c2ccccc21)C(C)(C)C)C(=O)O. The van der Waals surface area contributed by atoms with E-state index in [4.69, 9.17) is 4.74 Å². The van der Waals surface area contributed by atoms with Gasteiger partial charge in [-0.05, 0) is 46.1 Å². The maximum absolute atomic E-state index is 12.9. The van der Waals surface area contributed by atoms with Crippen molar-refractivity contribution in [2.45, 2.75) is 45.2 Å². The molecule has 0 fully saturated rings. The van der Waals surface area contributed by atoms with Crippen molar-refractivity contribution in [3.8, 4) is 11.1 Å². The predicted molar refractivity (Wildman–Crippen MR) is 134 cm³/mol. The predicted octanol–water partition coefficient (Wildman–Crippen LogP) is 4.26. The molecule has 0 bridgehead atoms. The van der Waals surface area contributed by atoms with Gasteiger partial charge < -0.3 is 20.5 Å². The van der Waals surface area contributed by atoms with Gasteiger partial charge in [-0.25, -0.2) is 9.59 Å². The molecule has 0 saturated heterocycles. The highest BCUT2D eigenvalue weighted by Crippen LogP contribution is 2.44. The lowest BCUT2D eigenvalue weighted by atomic mass is 9.86. The Bertz CT molecular complexity index is 1000. The Kier molecular flexibility index (Phi) is 8.25. The van der Waals surface area contributed by atoms with Crippen LogP contribution in [0.5, 0.6) is 0 Å². The summed E-state index contributed by atoms with van der Waals surface area (Å²) in [7, 11) is 0. The van der Waals surface area contributed by atoms with Gasteiger partial charge in [0, 0.05) is 5.92 Å². The van der Waals surface area contributed by atoms with Crippen LogP contribution in [0.4, 0.5) is 4.79 Å². The number of carbonyl (C=O) groups excluding carboxylic acids is 2. The molecule has 34 heavy (non-hydrogen) atoms. The number of carbonyl (C=O) groups is 3. The fourth-order valence-electron chi connectivity index (χ4n) is 4.18. The van der Waals surface area contributed by atoms with Gasteiger partial charge in [-0.2, -0.15) is 11.8 Å². The Labute approximate surface area is 204 Å². The highest BCUT2D eigenvalue weighted by molar-refractivity contribution is 7.98. The third kappa shape index (κ3) is 5.91. The zero-order chi connectivity index (χ0) is 24.9. The summed E-state index contributed by atoms with van der Waals surface area (Å²) in [6.45, 7) is 5.54. The van der Waals surface area contributed by atoms with Gasteiger partial charge in [0.1, 0.15) is 18.7 Å². The molecule has 2 unspecified atom stereocenters. The van der Waals surface area contributed by atoms with Crippen LogP contribution in [0.3, 0.4) is 0 Å². The summed E-state index contributed by atoms with van der Waals surface area (Å²) in [5.74, 6) is -1.15. The Morgan fingerprint density at radius 1 is 1.00 bits per heavy atom. The van der Waals surface area contributed by atoms with Crippen molar-refractivity contribution in [1.29, 1.82) is 0 Å². The molecule has 3 rings (SSSR count). The van der Waals surface area contributed by atoms with Crippen molar-refractivity contribution >= 4 is 29.7 Å². The third-order valence-electron chi connectivity index (χ3n) is 5.96. The number of nitrogens with one attached hydrogen (secondary N) is 2.